The van der Waals surface area contributed by atoms with Gasteiger partial charge in [-0.1, -0.05) is 6.07 Å². The summed E-state index contributed by atoms with van der Waals surface area (Å²) in [5, 5.41) is 4.11. The second-order valence-electron chi connectivity index (χ2n) is 5.70. The summed E-state index contributed by atoms with van der Waals surface area (Å²) in [4.78, 5) is 24.8. The summed E-state index contributed by atoms with van der Waals surface area (Å²) < 4.78 is 1.84. The van der Waals surface area contributed by atoms with Crippen LogP contribution in [0.5, 0.6) is 0 Å². The molecule has 0 N–H and O–H groups in total. The van der Waals surface area contributed by atoms with Crippen LogP contribution in [0, 0.1) is 0 Å². The van der Waals surface area contributed by atoms with Crippen molar-refractivity contribution in [1.29, 1.82) is 0 Å². The van der Waals surface area contributed by atoms with Crippen LogP contribution in [0.2, 0.25) is 0 Å². The lowest BCUT2D eigenvalue weighted by atomic mass is 10.2. The van der Waals surface area contributed by atoms with Gasteiger partial charge in [0, 0.05) is 51.0 Å². The highest BCUT2D eigenvalue weighted by Gasteiger charge is 2.20. The van der Waals surface area contributed by atoms with Crippen LogP contribution in [0.3, 0.4) is 0 Å². The summed E-state index contributed by atoms with van der Waals surface area (Å²) in [5.41, 5.74) is 0.979. The van der Waals surface area contributed by atoms with Gasteiger partial charge in [-0.25, -0.2) is 4.98 Å². The van der Waals surface area contributed by atoms with Crippen molar-refractivity contribution in [3.63, 3.8) is 0 Å². The highest BCUT2D eigenvalue weighted by Crippen LogP contribution is 2.06. The Morgan fingerprint density at radius 2 is 2.00 bits per heavy atom. The van der Waals surface area contributed by atoms with Crippen LogP contribution in [0.1, 0.15) is 12.1 Å². The highest BCUT2D eigenvalue weighted by atomic mass is 16.2. The second kappa shape index (κ2) is 7.82. The van der Waals surface area contributed by atoms with E-state index in [1.807, 2.05) is 27.8 Å². The Kier molecular flexibility index (Phi) is 5.31. The SMILES string of the molecule is O=C(CCc1ccccn1)N1CCN(CCn2cncn2)CC1. The summed E-state index contributed by atoms with van der Waals surface area (Å²) in [7, 11) is 0. The molecule has 2 aromatic rings. The largest absolute Gasteiger partial charge is 0.340 e. The molecule has 1 amide bonds. The monoisotopic (exact) mass is 314 g/mol. The van der Waals surface area contributed by atoms with Crippen LogP contribution in [0.15, 0.2) is 37.1 Å². The van der Waals surface area contributed by atoms with Crippen LogP contribution in [0.25, 0.3) is 0 Å². The first-order valence-electron chi connectivity index (χ1n) is 8.04. The lowest BCUT2D eigenvalue weighted by Crippen LogP contribution is -2.49. The molecular formula is C16H22N6O. The number of pyridine rings is 1. The first-order valence-corrected chi connectivity index (χ1v) is 8.04. The molecule has 0 bridgehead atoms. The summed E-state index contributed by atoms with van der Waals surface area (Å²) >= 11 is 0. The van der Waals surface area contributed by atoms with E-state index in [0.29, 0.717) is 12.8 Å². The van der Waals surface area contributed by atoms with Crippen molar-refractivity contribution >= 4 is 5.91 Å². The Morgan fingerprint density at radius 1 is 1.13 bits per heavy atom. The molecule has 122 valence electrons. The maximum absolute atomic E-state index is 12.3. The smallest absolute Gasteiger partial charge is 0.223 e. The zero-order valence-corrected chi connectivity index (χ0v) is 13.2. The summed E-state index contributed by atoms with van der Waals surface area (Å²) in [6, 6.07) is 5.82. The molecule has 0 unspecified atom stereocenters. The van der Waals surface area contributed by atoms with Crippen molar-refractivity contribution in [1.82, 2.24) is 29.5 Å². The van der Waals surface area contributed by atoms with E-state index in [1.165, 1.54) is 0 Å². The molecule has 7 nitrogen and oxygen atoms in total. The lowest BCUT2D eigenvalue weighted by Gasteiger charge is -2.34. The van der Waals surface area contributed by atoms with Gasteiger partial charge >= 0.3 is 0 Å². The number of nitrogens with zero attached hydrogens (tertiary/aromatic N) is 6. The first-order chi connectivity index (χ1) is 11.3. The molecule has 1 aliphatic rings. The second-order valence-corrected chi connectivity index (χ2v) is 5.70. The Bertz CT molecular complexity index is 592. The van der Waals surface area contributed by atoms with Crippen molar-refractivity contribution in [2.24, 2.45) is 0 Å². The Balaban J connectivity index is 1.37. The summed E-state index contributed by atoms with van der Waals surface area (Å²) in [6.45, 7) is 5.23. The molecule has 0 aliphatic carbocycles. The number of amides is 1. The molecule has 0 spiro atoms. The number of hydrogen-bond acceptors (Lipinski definition) is 5. The van der Waals surface area contributed by atoms with Crippen LogP contribution >= 0.6 is 0 Å². The van der Waals surface area contributed by atoms with Crippen molar-refractivity contribution in [2.45, 2.75) is 19.4 Å². The van der Waals surface area contributed by atoms with Crippen LogP contribution < -0.4 is 0 Å². The van der Waals surface area contributed by atoms with Gasteiger partial charge in [0.25, 0.3) is 0 Å². The molecule has 7 heteroatoms. The zero-order chi connectivity index (χ0) is 15.9. The number of aromatic nitrogens is 4. The number of hydrogen-bond donors (Lipinski definition) is 0. The predicted molar refractivity (Wildman–Crippen MR) is 85.6 cm³/mol. The molecule has 1 fully saturated rings. The van der Waals surface area contributed by atoms with E-state index in [-0.39, 0.29) is 5.91 Å². The quantitative estimate of drug-likeness (QED) is 0.774. The van der Waals surface area contributed by atoms with E-state index < -0.39 is 0 Å². The summed E-state index contributed by atoms with van der Waals surface area (Å²) in [5.74, 6) is 0.228. The minimum atomic E-state index is 0.228. The lowest BCUT2D eigenvalue weighted by molar-refractivity contribution is -0.132. The van der Waals surface area contributed by atoms with Gasteiger partial charge in [0.05, 0.1) is 6.54 Å². The number of carbonyl (C=O) groups excluding carboxylic acids is 1. The number of carbonyl (C=O) groups is 1. The fraction of sp³-hybridized carbons (Fsp3) is 0.500. The highest BCUT2D eigenvalue weighted by molar-refractivity contribution is 5.76. The van der Waals surface area contributed by atoms with Gasteiger partial charge in [-0.15, -0.1) is 0 Å². The minimum Gasteiger partial charge on any atom is -0.340 e. The maximum atomic E-state index is 12.3. The fourth-order valence-electron chi connectivity index (χ4n) is 2.75. The maximum Gasteiger partial charge on any atom is 0.223 e. The molecule has 2 aromatic heterocycles. The molecule has 3 heterocycles. The molecular weight excluding hydrogens is 292 g/mol. The van der Waals surface area contributed by atoms with Gasteiger partial charge in [0.1, 0.15) is 12.7 Å². The fourth-order valence-corrected chi connectivity index (χ4v) is 2.75. The van der Waals surface area contributed by atoms with E-state index in [4.69, 9.17) is 0 Å². The number of piperazine rings is 1. The van der Waals surface area contributed by atoms with Gasteiger partial charge < -0.3 is 4.90 Å². The Morgan fingerprint density at radius 3 is 2.70 bits per heavy atom. The van der Waals surface area contributed by atoms with Crippen molar-refractivity contribution in [3.8, 4) is 0 Å². The Labute approximate surface area is 135 Å². The van der Waals surface area contributed by atoms with Crippen molar-refractivity contribution in [2.75, 3.05) is 32.7 Å². The first kappa shape index (κ1) is 15.6. The normalized spacial score (nSPS) is 15.7. The van der Waals surface area contributed by atoms with E-state index in [1.54, 1.807) is 18.9 Å². The topological polar surface area (TPSA) is 67.2 Å². The molecule has 1 saturated heterocycles. The number of aryl methyl sites for hydroxylation is 1. The van der Waals surface area contributed by atoms with Gasteiger partial charge in [0.2, 0.25) is 5.91 Å². The third-order valence-corrected chi connectivity index (χ3v) is 4.16. The van der Waals surface area contributed by atoms with E-state index >= 15 is 0 Å². The average Bonchev–Trinajstić information content (AvgIpc) is 3.13. The van der Waals surface area contributed by atoms with E-state index in [9.17, 15) is 4.79 Å². The van der Waals surface area contributed by atoms with E-state index in [2.05, 4.69) is 20.0 Å². The predicted octanol–water partition coefficient (Wildman–Crippen LogP) is 0.450. The standard InChI is InChI=1S/C16H22N6O/c23-16(5-4-15-3-1-2-6-18-15)21-10-7-20(8-11-21)9-12-22-14-17-13-19-22/h1-3,6,13-14H,4-5,7-12H2. The molecule has 0 saturated carbocycles. The van der Waals surface area contributed by atoms with Gasteiger partial charge in [-0.2, -0.15) is 5.10 Å². The Hall–Kier alpha value is -2.28. The number of rotatable bonds is 6. The van der Waals surface area contributed by atoms with Crippen LogP contribution in [-0.4, -0.2) is 68.2 Å². The summed E-state index contributed by atoms with van der Waals surface area (Å²) in [6.07, 6.45) is 6.31. The van der Waals surface area contributed by atoms with Gasteiger partial charge in [-0.3, -0.25) is 19.4 Å². The van der Waals surface area contributed by atoms with Gasteiger partial charge in [-0.05, 0) is 18.6 Å². The minimum absolute atomic E-state index is 0.228. The third-order valence-electron chi connectivity index (χ3n) is 4.16. The van der Waals surface area contributed by atoms with Crippen molar-refractivity contribution in [3.05, 3.63) is 42.7 Å². The molecule has 0 radical (unpaired) electrons. The zero-order valence-electron chi connectivity index (χ0n) is 13.2. The van der Waals surface area contributed by atoms with E-state index in [0.717, 1.165) is 45.0 Å². The van der Waals surface area contributed by atoms with Gasteiger partial charge in [0.15, 0.2) is 0 Å². The molecule has 1 aliphatic heterocycles. The molecule has 3 rings (SSSR count). The molecule has 0 aromatic carbocycles. The van der Waals surface area contributed by atoms with Crippen LogP contribution in [-0.2, 0) is 17.8 Å². The van der Waals surface area contributed by atoms with Crippen LogP contribution in [0.4, 0.5) is 0 Å². The molecule has 0 atom stereocenters. The van der Waals surface area contributed by atoms with Crippen molar-refractivity contribution < 1.29 is 4.79 Å². The third kappa shape index (κ3) is 4.59. The average molecular weight is 314 g/mol. The molecule has 23 heavy (non-hydrogen) atoms.